The maximum atomic E-state index is 12.6. The Balaban J connectivity index is 1.58. The minimum Gasteiger partial charge on any atom is -0.450 e. The lowest BCUT2D eigenvalue weighted by Crippen LogP contribution is -2.50. The van der Waals surface area contributed by atoms with E-state index in [1.54, 1.807) is 22.8 Å². The number of hydrogen-bond donors (Lipinski definition) is 1. The van der Waals surface area contributed by atoms with Gasteiger partial charge in [-0.3, -0.25) is 14.6 Å². The van der Waals surface area contributed by atoms with E-state index in [0.717, 1.165) is 17.1 Å². The van der Waals surface area contributed by atoms with E-state index in [1.165, 1.54) is 0 Å². The third-order valence-electron chi connectivity index (χ3n) is 4.37. The molecule has 9 heteroatoms. The number of aromatic nitrogens is 4. The molecular formula is C17H24N6O3. The van der Waals surface area contributed by atoms with Crippen molar-refractivity contribution in [3.63, 3.8) is 0 Å². The summed E-state index contributed by atoms with van der Waals surface area (Å²) in [7, 11) is 0. The molecule has 0 unspecified atom stereocenters. The van der Waals surface area contributed by atoms with Gasteiger partial charge in [-0.1, -0.05) is 0 Å². The number of nitrogens with one attached hydrogen (secondary N) is 1. The summed E-state index contributed by atoms with van der Waals surface area (Å²) in [5.74, 6) is -0.135. The molecular weight excluding hydrogens is 336 g/mol. The summed E-state index contributed by atoms with van der Waals surface area (Å²) in [5.41, 5.74) is 3.22. The number of H-pyrrole nitrogens is 1. The molecule has 3 heterocycles. The van der Waals surface area contributed by atoms with E-state index in [2.05, 4.69) is 15.3 Å². The maximum absolute atomic E-state index is 12.6. The fourth-order valence-electron chi connectivity index (χ4n) is 3.02. The van der Waals surface area contributed by atoms with Gasteiger partial charge in [0.05, 0.1) is 24.5 Å². The Morgan fingerprint density at radius 2 is 1.85 bits per heavy atom. The van der Waals surface area contributed by atoms with Crippen molar-refractivity contribution in [1.82, 2.24) is 29.8 Å². The van der Waals surface area contributed by atoms with E-state index >= 15 is 0 Å². The van der Waals surface area contributed by atoms with Crippen LogP contribution in [-0.2, 0) is 11.3 Å². The van der Waals surface area contributed by atoms with Crippen LogP contribution in [-0.4, -0.2) is 74.6 Å². The highest BCUT2D eigenvalue weighted by atomic mass is 16.6. The molecule has 1 fully saturated rings. The average Bonchev–Trinajstić information content (AvgIpc) is 3.21. The molecule has 2 aromatic heterocycles. The first-order valence-corrected chi connectivity index (χ1v) is 8.74. The summed E-state index contributed by atoms with van der Waals surface area (Å²) in [6.07, 6.45) is -0.327. The molecule has 1 N–H and O–H groups in total. The Kier molecular flexibility index (Phi) is 5.24. The summed E-state index contributed by atoms with van der Waals surface area (Å²) in [4.78, 5) is 27.7. The zero-order valence-corrected chi connectivity index (χ0v) is 15.4. The van der Waals surface area contributed by atoms with Crippen molar-refractivity contribution < 1.29 is 14.3 Å². The molecule has 0 bridgehead atoms. The van der Waals surface area contributed by atoms with Crippen LogP contribution in [0.15, 0.2) is 12.1 Å². The Labute approximate surface area is 151 Å². The van der Waals surface area contributed by atoms with Gasteiger partial charge in [-0.05, 0) is 32.9 Å². The minimum atomic E-state index is -0.327. The molecule has 1 saturated heterocycles. The predicted molar refractivity (Wildman–Crippen MR) is 93.9 cm³/mol. The zero-order chi connectivity index (χ0) is 18.7. The Bertz CT molecular complexity index is 788. The second-order valence-electron chi connectivity index (χ2n) is 6.34. The Hall–Kier alpha value is -2.84. The number of carbonyl (C=O) groups excluding carboxylic acids is 2. The fraction of sp³-hybridized carbons (Fsp3) is 0.529. The molecule has 2 amide bonds. The lowest BCUT2D eigenvalue weighted by atomic mass is 10.2. The lowest BCUT2D eigenvalue weighted by Gasteiger charge is -2.33. The van der Waals surface area contributed by atoms with Crippen LogP contribution < -0.4 is 0 Å². The summed E-state index contributed by atoms with van der Waals surface area (Å²) in [6.45, 7) is 8.47. The van der Waals surface area contributed by atoms with Gasteiger partial charge in [-0.15, -0.1) is 0 Å². The van der Waals surface area contributed by atoms with Crippen molar-refractivity contribution in [1.29, 1.82) is 0 Å². The summed E-state index contributed by atoms with van der Waals surface area (Å²) in [6, 6.07) is 3.77. The van der Waals surface area contributed by atoms with Gasteiger partial charge in [0.2, 0.25) is 0 Å². The SMILES string of the molecule is CCOC(=O)N1CCN(C(=O)c2cc(Cn3nc(C)cc3C)[nH]n2)CC1. The lowest BCUT2D eigenvalue weighted by molar-refractivity contribution is 0.0566. The van der Waals surface area contributed by atoms with Gasteiger partial charge in [-0.25, -0.2) is 4.79 Å². The van der Waals surface area contributed by atoms with Crippen molar-refractivity contribution in [3.05, 3.63) is 34.9 Å². The number of amides is 2. The van der Waals surface area contributed by atoms with Gasteiger partial charge in [0, 0.05) is 31.9 Å². The highest BCUT2D eigenvalue weighted by Crippen LogP contribution is 2.11. The van der Waals surface area contributed by atoms with Crippen molar-refractivity contribution in [2.45, 2.75) is 27.3 Å². The molecule has 1 aliphatic heterocycles. The molecule has 1 aliphatic rings. The van der Waals surface area contributed by atoms with Crippen LogP contribution in [0.5, 0.6) is 0 Å². The molecule has 0 saturated carbocycles. The normalized spacial score (nSPS) is 14.6. The molecule has 0 atom stereocenters. The first-order valence-electron chi connectivity index (χ1n) is 8.74. The van der Waals surface area contributed by atoms with Crippen molar-refractivity contribution >= 4 is 12.0 Å². The highest BCUT2D eigenvalue weighted by Gasteiger charge is 2.26. The average molecular weight is 360 g/mol. The molecule has 26 heavy (non-hydrogen) atoms. The van der Waals surface area contributed by atoms with Gasteiger partial charge in [-0.2, -0.15) is 10.2 Å². The molecule has 9 nitrogen and oxygen atoms in total. The van der Waals surface area contributed by atoms with Gasteiger partial charge in [0.15, 0.2) is 0 Å². The second kappa shape index (κ2) is 7.59. The highest BCUT2D eigenvalue weighted by molar-refractivity contribution is 5.92. The molecule has 0 spiro atoms. The topological polar surface area (TPSA) is 96.4 Å². The van der Waals surface area contributed by atoms with E-state index < -0.39 is 0 Å². The number of ether oxygens (including phenoxy) is 1. The number of carbonyl (C=O) groups is 2. The van der Waals surface area contributed by atoms with Crippen molar-refractivity contribution in [2.24, 2.45) is 0 Å². The number of hydrogen-bond acceptors (Lipinski definition) is 5. The van der Waals surface area contributed by atoms with Crippen LogP contribution in [0.25, 0.3) is 0 Å². The summed E-state index contributed by atoms with van der Waals surface area (Å²) >= 11 is 0. The third kappa shape index (κ3) is 3.87. The van der Waals surface area contributed by atoms with Crippen molar-refractivity contribution in [3.8, 4) is 0 Å². The van der Waals surface area contributed by atoms with Gasteiger partial charge in [0.1, 0.15) is 5.69 Å². The van der Waals surface area contributed by atoms with Crippen LogP contribution in [0.3, 0.4) is 0 Å². The second-order valence-corrected chi connectivity index (χ2v) is 6.34. The van der Waals surface area contributed by atoms with E-state index in [9.17, 15) is 9.59 Å². The Morgan fingerprint density at radius 1 is 1.15 bits per heavy atom. The number of rotatable bonds is 4. The largest absolute Gasteiger partial charge is 0.450 e. The smallest absolute Gasteiger partial charge is 0.409 e. The van der Waals surface area contributed by atoms with Crippen LogP contribution in [0, 0.1) is 13.8 Å². The monoisotopic (exact) mass is 360 g/mol. The van der Waals surface area contributed by atoms with Gasteiger partial charge >= 0.3 is 6.09 Å². The van der Waals surface area contributed by atoms with Gasteiger partial charge in [0.25, 0.3) is 5.91 Å². The quantitative estimate of drug-likeness (QED) is 0.883. The number of nitrogens with zero attached hydrogens (tertiary/aromatic N) is 5. The van der Waals surface area contributed by atoms with E-state index in [1.807, 2.05) is 24.6 Å². The first-order chi connectivity index (χ1) is 12.5. The predicted octanol–water partition coefficient (Wildman–Crippen LogP) is 1.19. The number of aryl methyl sites for hydroxylation is 2. The fourth-order valence-corrected chi connectivity index (χ4v) is 3.02. The summed E-state index contributed by atoms with van der Waals surface area (Å²) in [5, 5.41) is 11.5. The standard InChI is InChI=1S/C17H24N6O3/c1-4-26-17(25)22-7-5-21(6-8-22)16(24)15-10-14(18-19-15)11-23-13(3)9-12(2)20-23/h9-10H,4-8,11H2,1-3H3,(H,18,19). The third-order valence-corrected chi connectivity index (χ3v) is 4.37. The molecule has 3 rings (SSSR count). The molecule has 0 radical (unpaired) electrons. The summed E-state index contributed by atoms with van der Waals surface area (Å²) < 4.78 is 6.86. The molecule has 140 valence electrons. The van der Waals surface area contributed by atoms with E-state index in [4.69, 9.17) is 4.74 Å². The zero-order valence-electron chi connectivity index (χ0n) is 15.4. The minimum absolute atomic E-state index is 0.135. The number of piperazine rings is 1. The van der Waals surface area contributed by atoms with E-state index in [-0.39, 0.29) is 12.0 Å². The van der Waals surface area contributed by atoms with Crippen LogP contribution in [0.1, 0.15) is 34.5 Å². The van der Waals surface area contributed by atoms with Crippen molar-refractivity contribution in [2.75, 3.05) is 32.8 Å². The van der Waals surface area contributed by atoms with Crippen LogP contribution in [0.2, 0.25) is 0 Å². The van der Waals surface area contributed by atoms with Crippen LogP contribution in [0.4, 0.5) is 4.79 Å². The number of aromatic amines is 1. The first kappa shape index (κ1) is 18.0. The maximum Gasteiger partial charge on any atom is 0.409 e. The van der Waals surface area contributed by atoms with Crippen LogP contribution >= 0.6 is 0 Å². The molecule has 0 aliphatic carbocycles. The van der Waals surface area contributed by atoms with E-state index in [0.29, 0.717) is 45.0 Å². The van der Waals surface area contributed by atoms with Gasteiger partial charge < -0.3 is 14.5 Å². The molecule has 0 aromatic carbocycles. The Morgan fingerprint density at radius 3 is 2.46 bits per heavy atom. The molecule has 2 aromatic rings.